The van der Waals surface area contributed by atoms with E-state index in [4.69, 9.17) is 0 Å². The summed E-state index contributed by atoms with van der Waals surface area (Å²) in [6.07, 6.45) is 3.16. The average molecular weight is 355 g/mol. The number of nitro benzene ring substituents is 1. The van der Waals surface area contributed by atoms with Crippen LogP contribution in [0.25, 0.3) is 0 Å². The third-order valence-electron chi connectivity index (χ3n) is 2.80. The smallest absolute Gasteiger partial charge is 0.271 e. The summed E-state index contributed by atoms with van der Waals surface area (Å²) in [7, 11) is 0. The molecule has 0 bridgehead atoms. The zero-order valence-electron chi connectivity index (χ0n) is 10.9. The first-order valence-electron chi connectivity index (χ1n) is 5.86. The van der Waals surface area contributed by atoms with Crippen LogP contribution in [0.5, 0.6) is 5.75 Å². The van der Waals surface area contributed by atoms with Crippen LogP contribution in [0.2, 0.25) is 0 Å². The number of hydrogen-bond donors (Lipinski definition) is 2. The van der Waals surface area contributed by atoms with E-state index in [2.05, 4.69) is 26.3 Å². The largest absolute Gasteiger partial charge is 0.506 e. The Hall–Kier alpha value is -2.42. The van der Waals surface area contributed by atoms with E-state index in [1.54, 1.807) is 13.1 Å². The van der Waals surface area contributed by atoms with Crippen molar-refractivity contribution >= 4 is 33.2 Å². The van der Waals surface area contributed by atoms with Crippen molar-refractivity contribution in [1.82, 2.24) is 9.78 Å². The predicted molar refractivity (Wildman–Crippen MR) is 78.0 cm³/mol. The summed E-state index contributed by atoms with van der Waals surface area (Å²) in [5.41, 5.74) is -0.246. The standard InChI is InChI=1S/C12H11BrN4O4/c1-7(16-6-8(13)5-14-16)12(19)15-10-4-9(17(20)21)2-3-11(10)18/h2-7,18H,1H3,(H,15,19). The zero-order valence-corrected chi connectivity index (χ0v) is 12.4. The van der Waals surface area contributed by atoms with Gasteiger partial charge in [-0.2, -0.15) is 5.10 Å². The maximum absolute atomic E-state index is 12.1. The highest BCUT2D eigenvalue weighted by Gasteiger charge is 2.19. The van der Waals surface area contributed by atoms with Crippen LogP contribution < -0.4 is 5.32 Å². The third kappa shape index (κ3) is 3.37. The number of hydrogen-bond acceptors (Lipinski definition) is 5. The summed E-state index contributed by atoms with van der Waals surface area (Å²) in [5.74, 6) is -0.704. The Bertz CT molecular complexity index is 700. The van der Waals surface area contributed by atoms with E-state index >= 15 is 0 Å². The van der Waals surface area contributed by atoms with Crippen molar-refractivity contribution in [2.75, 3.05) is 5.32 Å². The van der Waals surface area contributed by atoms with Gasteiger partial charge in [0.2, 0.25) is 5.91 Å². The van der Waals surface area contributed by atoms with Gasteiger partial charge in [-0.3, -0.25) is 19.6 Å². The number of nitrogens with zero attached hydrogens (tertiary/aromatic N) is 3. The minimum absolute atomic E-state index is 0.0210. The van der Waals surface area contributed by atoms with Gasteiger partial charge in [-0.15, -0.1) is 0 Å². The maximum atomic E-state index is 12.1. The minimum Gasteiger partial charge on any atom is -0.506 e. The molecule has 0 saturated carbocycles. The number of anilines is 1. The van der Waals surface area contributed by atoms with E-state index in [0.717, 1.165) is 22.7 Å². The Morgan fingerprint density at radius 2 is 2.29 bits per heavy atom. The molecule has 0 saturated heterocycles. The molecule has 21 heavy (non-hydrogen) atoms. The number of rotatable bonds is 4. The van der Waals surface area contributed by atoms with Crippen LogP contribution in [0.15, 0.2) is 35.1 Å². The number of benzene rings is 1. The Morgan fingerprint density at radius 1 is 1.57 bits per heavy atom. The molecular formula is C12H11BrN4O4. The van der Waals surface area contributed by atoms with Crippen molar-refractivity contribution in [3.8, 4) is 5.75 Å². The summed E-state index contributed by atoms with van der Waals surface area (Å²) in [6, 6.07) is 2.76. The second-order valence-corrected chi connectivity index (χ2v) is 5.18. The van der Waals surface area contributed by atoms with Gasteiger partial charge in [0.05, 0.1) is 21.3 Å². The number of phenols is 1. The number of non-ortho nitro benzene ring substituents is 1. The van der Waals surface area contributed by atoms with Crippen molar-refractivity contribution in [1.29, 1.82) is 0 Å². The number of aromatic nitrogens is 2. The number of carbonyl (C=O) groups excluding carboxylic acids is 1. The van der Waals surface area contributed by atoms with E-state index in [1.165, 1.54) is 10.9 Å². The highest BCUT2D eigenvalue weighted by Crippen LogP contribution is 2.28. The molecule has 1 heterocycles. The normalized spacial score (nSPS) is 11.9. The fraction of sp³-hybridized carbons (Fsp3) is 0.167. The third-order valence-corrected chi connectivity index (χ3v) is 3.20. The predicted octanol–water partition coefficient (Wildman–Crippen LogP) is 2.46. The van der Waals surface area contributed by atoms with Crippen molar-refractivity contribution in [2.45, 2.75) is 13.0 Å². The molecule has 0 fully saturated rings. The van der Waals surface area contributed by atoms with Gasteiger partial charge in [-0.25, -0.2) is 0 Å². The molecule has 0 aliphatic rings. The monoisotopic (exact) mass is 354 g/mol. The maximum Gasteiger partial charge on any atom is 0.271 e. The quantitative estimate of drug-likeness (QED) is 0.497. The second-order valence-electron chi connectivity index (χ2n) is 4.26. The number of nitro groups is 1. The molecule has 0 aliphatic carbocycles. The molecule has 1 aromatic heterocycles. The van der Waals surface area contributed by atoms with Gasteiger partial charge >= 0.3 is 0 Å². The lowest BCUT2D eigenvalue weighted by Gasteiger charge is -2.13. The van der Waals surface area contributed by atoms with Crippen molar-refractivity contribution in [3.05, 3.63) is 45.2 Å². The first kappa shape index (κ1) is 15.0. The van der Waals surface area contributed by atoms with Crippen molar-refractivity contribution in [2.24, 2.45) is 0 Å². The van der Waals surface area contributed by atoms with Crippen LogP contribution in [0, 0.1) is 10.1 Å². The van der Waals surface area contributed by atoms with E-state index in [1.807, 2.05) is 0 Å². The molecule has 0 aliphatic heterocycles. The molecule has 8 nitrogen and oxygen atoms in total. The Morgan fingerprint density at radius 3 is 2.86 bits per heavy atom. The van der Waals surface area contributed by atoms with Crippen molar-refractivity contribution in [3.63, 3.8) is 0 Å². The molecule has 0 radical (unpaired) electrons. The fourth-order valence-electron chi connectivity index (χ4n) is 1.62. The minimum atomic E-state index is -0.644. The molecule has 2 aromatic rings. The first-order chi connectivity index (χ1) is 9.88. The molecule has 1 amide bonds. The van der Waals surface area contributed by atoms with Gasteiger partial charge in [0.25, 0.3) is 5.69 Å². The summed E-state index contributed by atoms with van der Waals surface area (Å²) >= 11 is 3.22. The number of aromatic hydroxyl groups is 1. The van der Waals surface area contributed by atoms with E-state index in [9.17, 15) is 20.0 Å². The van der Waals surface area contributed by atoms with E-state index in [-0.39, 0.29) is 17.1 Å². The topological polar surface area (TPSA) is 110 Å². The number of phenolic OH excluding ortho intramolecular Hbond substituents is 1. The molecule has 2 N–H and O–H groups in total. The second kappa shape index (κ2) is 5.92. The molecular weight excluding hydrogens is 344 g/mol. The van der Waals surface area contributed by atoms with E-state index in [0.29, 0.717) is 0 Å². The molecule has 9 heteroatoms. The Balaban J connectivity index is 2.19. The van der Waals surface area contributed by atoms with Gasteiger partial charge in [0.1, 0.15) is 11.8 Å². The lowest BCUT2D eigenvalue weighted by Crippen LogP contribution is -2.24. The van der Waals surface area contributed by atoms with Gasteiger partial charge in [-0.1, -0.05) is 0 Å². The molecule has 2 rings (SSSR count). The van der Waals surface area contributed by atoms with Crippen molar-refractivity contribution < 1.29 is 14.8 Å². The van der Waals surface area contributed by atoms with Gasteiger partial charge in [0.15, 0.2) is 0 Å². The summed E-state index contributed by atoms with van der Waals surface area (Å²) in [5, 5.41) is 26.8. The summed E-state index contributed by atoms with van der Waals surface area (Å²) < 4.78 is 2.15. The van der Waals surface area contributed by atoms with Crippen LogP contribution in [0.4, 0.5) is 11.4 Å². The lowest BCUT2D eigenvalue weighted by molar-refractivity contribution is -0.384. The Labute approximate surface area is 127 Å². The molecule has 1 aromatic carbocycles. The number of carbonyl (C=O) groups is 1. The molecule has 0 spiro atoms. The molecule has 1 unspecified atom stereocenters. The zero-order chi connectivity index (χ0) is 15.6. The van der Waals surface area contributed by atoms with Crippen LogP contribution in [0.1, 0.15) is 13.0 Å². The average Bonchev–Trinajstić information content (AvgIpc) is 2.86. The van der Waals surface area contributed by atoms with Crippen LogP contribution >= 0.6 is 15.9 Å². The van der Waals surface area contributed by atoms with Crippen LogP contribution in [-0.2, 0) is 4.79 Å². The van der Waals surface area contributed by atoms with Crippen LogP contribution in [-0.4, -0.2) is 25.7 Å². The fourth-order valence-corrected chi connectivity index (χ4v) is 1.92. The van der Waals surface area contributed by atoms with Crippen LogP contribution in [0.3, 0.4) is 0 Å². The van der Waals surface area contributed by atoms with E-state index < -0.39 is 16.9 Å². The number of halogens is 1. The lowest BCUT2D eigenvalue weighted by atomic mass is 10.2. The van der Waals surface area contributed by atoms with Gasteiger partial charge < -0.3 is 10.4 Å². The highest BCUT2D eigenvalue weighted by molar-refractivity contribution is 9.10. The summed E-state index contributed by atoms with van der Waals surface area (Å²) in [4.78, 5) is 22.2. The number of nitrogens with one attached hydrogen (secondary N) is 1. The van der Waals surface area contributed by atoms with Gasteiger partial charge in [-0.05, 0) is 28.9 Å². The highest BCUT2D eigenvalue weighted by atomic mass is 79.9. The molecule has 110 valence electrons. The summed E-state index contributed by atoms with van der Waals surface area (Å²) in [6.45, 7) is 1.61. The van der Waals surface area contributed by atoms with Gasteiger partial charge in [0, 0.05) is 18.3 Å². The Kier molecular flexibility index (Phi) is 4.22. The SMILES string of the molecule is CC(C(=O)Nc1cc([N+](=O)[O-])ccc1O)n1cc(Br)cn1. The number of amides is 1. The first-order valence-corrected chi connectivity index (χ1v) is 6.65. The molecule has 1 atom stereocenters.